The van der Waals surface area contributed by atoms with Gasteiger partial charge in [-0.15, -0.1) is 11.3 Å². The molecule has 0 aliphatic carbocycles. The zero-order valence-electron chi connectivity index (χ0n) is 10.7. The van der Waals surface area contributed by atoms with Gasteiger partial charge in [-0.3, -0.25) is 4.79 Å². The Hall–Kier alpha value is -1.36. The summed E-state index contributed by atoms with van der Waals surface area (Å²) in [7, 11) is 0. The summed E-state index contributed by atoms with van der Waals surface area (Å²) in [6.45, 7) is 0.397. The maximum absolute atomic E-state index is 12.1. The first-order chi connectivity index (χ1) is 10.1. The predicted octanol–water partition coefficient (Wildman–Crippen LogP) is 4.11. The van der Waals surface area contributed by atoms with E-state index in [-0.39, 0.29) is 12.5 Å². The van der Waals surface area contributed by atoms with Crippen molar-refractivity contribution in [2.45, 2.75) is 6.54 Å². The summed E-state index contributed by atoms with van der Waals surface area (Å²) in [6, 6.07) is 11.0. The van der Waals surface area contributed by atoms with E-state index in [1.165, 1.54) is 11.3 Å². The summed E-state index contributed by atoms with van der Waals surface area (Å²) in [5, 5.41) is 11.3. The first-order valence-corrected chi connectivity index (χ1v) is 8.32. The van der Waals surface area contributed by atoms with Gasteiger partial charge in [-0.05, 0) is 55.6 Å². The molecule has 2 aromatic rings. The fraction of sp³-hybridized carbons (Fsp3) is 0.143. The third-order valence-corrected chi connectivity index (χ3v) is 4.90. The van der Waals surface area contributed by atoms with Crippen molar-refractivity contribution in [3.63, 3.8) is 0 Å². The van der Waals surface area contributed by atoms with Crippen LogP contribution < -0.4 is 10.1 Å². The Bertz CT molecular complexity index is 695. The van der Waals surface area contributed by atoms with Crippen molar-refractivity contribution in [2.75, 3.05) is 6.61 Å². The number of hydrogen-bond acceptors (Lipinski definition) is 4. The highest BCUT2D eigenvalue weighted by atomic mass is 79.9. The van der Waals surface area contributed by atoms with Gasteiger partial charge in [0.2, 0.25) is 0 Å². The van der Waals surface area contributed by atoms with E-state index in [1.807, 2.05) is 18.2 Å². The van der Waals surface area contributed by atoms with E-state index < -0.39 is 0 Å². The van der Waals surface area contributed by atoms with Crippen LogP contribution in [-0.4, -0.2) is 12.5 Å². The third-order valence-electron chi connectivity index (χ3n) is 2.56. The first-order valence-electron chi connectivity index (χ1n) is 5.92. The minimum atomic E-state index is -0.146. The lowest BCUT2D eigenvalue weighted by molar-refractivity contribution is 0.0950. The number of benzene rings is 1. The number of rotatable bonds is 5. The fourth-order valence-corrected chi connectivity index (χ4v) is 4.43. The molecule has 21 heavy (non-hydrogen) atoms. The largest absolute Gasteiger partial charge is 0.479 e. The molecular formula is C14H10Br2N2O2S. The Balaban J connectivity index is 1.98. The number of halogens is 2. The summed E-state index contributed by atoms with van der Waals surface area (Å²) in [6.07, 6.45) is 0. The molecule has 1 heterocycles. The van der Waals surface area contributed by atoms with Crippen LogP contribution in [0.3, 0.4) is 0 Å². The third kappa shape index (κ3) is 4.56. The zero-order chi connectivity index (χ0) is 15.2. The van der Waals surface area contributed by atoms with Gasteiger partial charge in [0, 0.05) is 6.54 Å². The van der Waals surface area contributed by atoms with Gasteiger partial charge in [-0.25, -0.2) is 0 Å². The highest BCUT2D eigenvalue weighted by Gasteiger charge is 2.13. The van der Waals surface area contributed by atoms with Gasteiger partial charge in [-0.1, -0.05) is 12.1 Å². The number of nitrogens with zero attached hydrogens (tertiary/aromatic N) is 1. The molecular weight excluding hydrogens is 420 g/mol. The summed E-state index contributed by atoms with van der Waals surface area (Å²) in [5.74, 6) is 0.468. The number of hydrogen-bond donors (Lipinski definition) is 1. The van der Waals surface area contributed by atoms with E-state index in [4.69, 9.17) is 10.00 Å². The van der Waals surface area contributed by atoms with Crippen molar-refractivity contribution in [2.24, 2.45) is 0 Å². The zero-order valence-corrected chi connectivity index (χ0v) is 14.7. The molecule has 0 radical (unpaired) electrons. The van der Waals surface area contributed by atoms with Gasteiger partial charge in [0.25, 0.3) is 5.91 Å². The number of carbonyl (C=O) groups is 1. The maximum Gasteiger partial charge on any atom is 0.253 e. The molecule has 1 aromatic carbocycles. The molecule has 2 rings (SSSR count). The van der Waals surface area contributed by atoms with Gasteiger partial charge in [0.1, 0.15) is 11.8 Å². The van der Waals surface area contributed by atoms with Crippen LogP contribution in [0, 0.1) is 11.3 Å². The fourth-order valence-electron chi connectivity index (χ4n) is 1.63. The van der Waals surface area contributed by atoms with Crippen molar-refractivity contribution in [1.29, 1.82) is 5.26 Å². The standard InChI is InChI=1S/C14H10Br2N2O2S/c15-12-7-11(13(16)21-12)14(19)18-8-9-2-1-3-10(6-9)20-5-4-17/h1-3,6-7H,5,8H2,(H,18,19). The van der Waals surface area contributed by atoms with Gasteiger partial charge in [-0.2, -0.15) is 5.26 Å². The molecule has 7 heteroatoms. The van der Waals surface area contributed by atoms with Crippen molar-refractivity contribution < 1.29 is 9.53 Å². The molecule has 108 valence electrons. The normalized spacial score (nSPS) is 9.95. The molecule has 1 N–H and O–H groups in total. The van der Waals surface area contributed by atoms with Crippen molar-refractivity contribution >= 4 is 49.1 Å². The second kappa shape index (κ2) is 7.59. The Morgan fingerprint density at radius 1 is 1.38 bits per heavy atom. The number of nitrogens with one attached hydrogen (secondary N) is 1. The van der Waals surface area contributed by atoms with E-state index in [0.29, 0.717) is 17.9 Å². The predicted molar refractivity (Wildman–Crippen MR) is 88.4 cm³/mol. The molecule has 0 atom stereocenters. The van der Waals surface area contributed by atoms with Crippen molar-refractivity contribution in [3.8, 4) is 11.8 Å². The number of carbonyl (C=O) groups excluding carboxylic acids is 1. The molecule has 0 saturated heterocycles. The molecule has 1 amide bonds. The summed E-state index contributed by atoms with van der Waals surface area (Å²) < 4.78 is 6.91. The van der Waals surface area contributed by atoms with Crippen LogP contribution >= 0.6 is 43.2 Å². The molecule has 1 aromatic heterocycles. The van der Waals surface area contributed by atoms with Crippen LogP contribution in [0.4, 0.5) is 0 Å². The van der Waals surface area contributed by atoms with Crippen molar-refractivity contribution in [1.82, 2.24) is 5.32 Å². The lowest BCUT2D eigenvalue weighted by Crippen LogP contribution is -2.22. The lowest BCUT2D eigenvalue weighted by atomic mass is 10.2. The van der Waals surface area contributed by atoms with Gasteiger partial charge in [0.05, 0.1) is 13.1 Å². The molecule has 0 saturated carbocycles. The van der Waals surface area contributed by atoms with Crippen LogP contribution in [-0.2, 0) is 6.54 Å². The molecule has 0 spiro atoms. The molecule has 0 aliphatic rings. The van der Waals surface area contributed by atoms with Gasteiger partial charge in [0.15, 0.2) is 6.61 Å². The average Bonchev–Trinajstić information content (AvgIpc) is 2.82. The second-order valence-corrected chi connectivity index (χ2v) is 7.76. The maximum atomic E-state index is 12.1. The number of nitriles is 1. The Morgan fingerprint density at radius 2 is 2.19 bits per heavy atom. The summed E-state index contributed by atoms with van der Waals surface area (Å²) in [4.78, 5) is 12.1. The SMILES string of the molecule is N#CCOc1cccc(CNC(=O)c2cc(Br)sc2Br)c1. The van der Waals surface area contributed by atoms with Crippen LogP contribution in [0.15, 0.2) is 37.9 Å². The highest BCUT2D eigenvalue weighted by molar-refractivity contribution is 9.12. The minimum absolute atomic E-state index is 0.00564. The highest BCUT2D eigenvalue weighted by Crippen LogP contribution is 2.31. The van der Waals surface area contributed by atoms with Crippen LogP contribution in [0.2, 0.25) is 0 Å². The Morgan fingerprint density at radius 3 is 2.86 bits per heavy atom. The van der Waals surface area contributed by atoms with Crippen LogP contribution in [0.5, 0.6) is 5.75 Å². The van der Waals surface area contributed by atoms with Crippen molar-refractivity contribution in [3.05, 3.63) is 49.0 Å². The average molecular weight is 430 g/mol. The summed E-state index contributed by atoms with van der Waals surface area (Å²) >= 11 is 8.16. The molecule has 4 nitrogen and oxygen atoms in total. The topological polar surface area (TPSA) is 62.1 Å². The number of amides is 1. The van der Waals surface area contributed by atoms with E-state index in [1.54, 1.807) is 18.2 Å². The summed E-state index contributed by atoms with van der Waals surface area (Å²) in [5.41, 5.74) is 1.51. The quantitative estimate of drug-likeness (QED) is 0.777. The van der Waals surface area contributed by atoms with Gasteiger partial charge < -0.3 is 10.1 Å². The Labute approximate surface area is 143 Å². The smallest absolute Gasteiger partial charge is 0.253 e. The van der Waals surface area contributed by atoms with Gasteiger partial charge >= 0.3 is 0 Å². The molecule has 0 aliphatic heterocycles. The van der Waals surface area contributed by atoms with E-state index >= 15 is 0 Å². The number of thiophene rings is 1. The number of ether oxygens (including phenoxy) is 1. The first kappa shape index (κ1) is 16.0. The van der Waals surface area contributed by atoms with Crippen LogP contribution in [0.25, 0.3) is 0 Å². The van der Waals surface area contributed by atoms with E-state index in [0.717, 1.165) is 13.1 Å². The van der Waals surface area contributed by atoms with Crippen LogP contribution in [0.1, 0.15) is 15.9 Å². The molecule has 0 unspecified atom stereocenters. The Kier molecular flexibility index (Phi) is 5.79. The minimum Gasteiger partial charge on any atom is -0.479 e. The van der Waals surface area contributed by atoms with E-state index in [2.05, 4.69) is 37.2 Å². The molecule has 0 bridgehead atoms. The monoisotopic (exact) mass is 428 g/mol. The van der Waals surface area contributed by atoms with E-state index in [9.17, 15) is 4.79 Å². The lowest BCUT2D eigenvalue weighted by Gasteiger charge is -2.07. The second-order valence-electron chi connectivity index (χ2n) is 4.01. The molecule has 0 fully saturated rings.